The molecule has 10 heteroatoms. The maximum absolute atomic E-state index is 12.9. The predicted octanol–water partition coefficient (Wildman–Crippen LogP) is 6.75. The fraction of sp³-hybridized carbons (Fsp3) is 0.417. The third-order valence-corrected chi connectivity index (χ3v) is 7.61. The Morgan fingerprint density at radius 3 is 2.00 bits per heavy atom. The topological polar surface area (TPSA) is 101 Å². The molecule has 2 aromatic rings. The van der Waals surface area contributed by atoms with E-state index < -0.39 is 21.8 Å². The van der Waals surface area contributed by atoms with Crippen molar-refractivity contribution < 1.29 is 23.1 Å². The summed E-state index contributed by atoms with van der Waals surface area (Å²) in [5.41, 5.74) is 0.217. The molecule has 2 rings (SSSR count). The Bertz CT molecular complexity index is 1110. The lowest BCUT2D eigenvalue weighted by molar-refractivity contribution is -0.137. The highest BCUT2D eigenvalue weighted by atomic mass is 35.5. The lowest BCUT2D eigenvalue weighted by Gasteiger charge is -2.10. The van der Waals surface area contributed by atoms with Crippen molar-refractivity contribution in [3.8, 4) is 0 Å². The zero-order valence-electron chi connectivity index (χ0n) is 18.7. The summed E-state index contributed by atoms with van der Waals surface area (Å²) in [5.74, 6) is -1.25. The lowest BCUT2D eigenvalue weighted by Crippen LogP contribution is -2.25. The Labute approximate surface area is 215 Å². The molecule has 0 aromatic heterocycles. The quantitative estimate of drug-likeness (QED) is 0.189. The van der Waals surface area contributed by atoms with Crippen LogP contribution in [0.5, 0.6) is 0 Å². The van der Waals surface area contributed by atoms with Crippen LogP contribution in [-0.2, 0) is 14.8 Å². The minimum absolute atomic E-state index is 0.0390. The Kier molecular flexibility index (Phi) is 11.8. The molecular weight excluding hydrogens is 521 g/mol. The monoisotopic (exact) mass is 547 g/mol. The van der Waals surface area contributed by atoms with Crippen LogP contribution in [0, 0.1) is 0 Å². The van der Waals surface area contributed by atoms with E-state index in [1.807, 2.05) is 0 Å². The Hall–Kier alpha value is -1.64. The van der Waals surface area contributed by atoms with Gasteiger partial charge in [0.25, 0.3) is 0 Å². The van der Waals surface area contributed by atoms with Crippen LogP contribution in [0.25, 0.3) is 0 Å². The minimum atomic E-state index is -3.81. The highest BCUT2D eigenvalue weighted by Gasteiger charge is 2.21. The predicted molar refractivity (Wildman–Crippen MR) is 136 cm³/mol. The van der Waals surface area contributed by atoms with Crippen molar-refractivity contribution in [1.82, 2.24) is 4.72 Å². The molecule has 0 amide bonds. The van der Waals surface area contributed by atoms with Gasteiger partial charge in [-0.15, -0.1) is 0 Å². The number of nitrogens with one attached hydrogen (secondary N) is 1. The second-order valence-electron chi connectivity index (χ2n) is 7.96. The Morgan fingerprint density at radius 1 is 0.765 bits per heavy atom. The average molecular weight is 549 g/mol. The Balaban J connectivity index is 1.84. The third kappa shape index (κ3) is 9.19. The smallest absolute Gasteiger partial charge is 0.303 e. The van der Waals surface area contributed by atoms with Crippen LogP contribution in [0.1, 0.15) is 73.7 Å². The summed E-state index contributed by atoms with van der Waals surface area (Å²) in [6.45, 7) is 0.288. The first-order valence-corrected chi connectivity index (χ1v) is 13.7. The molecular formula is C24H28Cl3NO5S. The fourth-order valence-corrected chi connectivity index (χ4v) is 5.21. The van der Waals surface area contributed by atoms with E-state index in [0.717, 1.165) is 38.5 Å². The molecule has 0 atom stereocenters. The van der Waals surface area contributed by atoms with E-state index in [2.05, 4.69) is 4.72 Å². The molecule has 0 unspecified atom stereocenters. The van der Waals surface area contributed by atoms with E-state index in [9.17, 15) is 18.0 Å². The number of aliphatic carboxylic acids is 1. The summed E-state index contributed by atoms with van der Waals surface area (Å²) >= 11 is 18.2. The van der Waals surface area contributed by atoms with E-state index in [1.165, 1.54) is 36.4 Å². The van der Waals surface area contributed by atoms with E-state index in [0.29, 0.717) is 17.9 Å². The SMILES string of the molecule is O=C(O)CCCCCCCCCCNS(=O)(=O)c1ccc(Cl)c(C(=O)c2ccc(Cl)cc2Cl)c1. The Morgan fingerprint density at radius 2 is 1.38 bits per heavy atom. The second kappa shape index (κ2) is 14.0. The van der Waals surface area contributed by atoms with Crippen LogP contribution in [0.3, 0.4) is 0 Å². The molecule has 2 aromatic carbocycles. The van der Waals surface area contributed by atoms with Crippen molar-refractivity contribution in [3.63, 3.8) is 0 Å². The van der Waals surface area contributed by atoms with Gasteiger partial charge in [-0.05, 0) is 49.2 Å². The van der Waals surface area contributed by atoms with Crippen molar-refractivity contribution in [1.29, 1.82) is 0 Å². The average Bonchev–Trinajstić information content (AvgIpc) is 2.77. The molecule has 34 heavy (non-hydrogen) atoms. The molecule has 0 fully saturated rings. The van der Waals surface area contributed by atoms with Gasteiger partial charge in [-0.3, -0.25) is 9.59 Å². The van der Waals surface area contributed by atoms with Gasteiger partial charge >= 0.3 is 5.97 Å². The first-order chi connectivity index (χ1) is 16.1. The summed E-state index contributed by atoms with van der Waals surface area (Å²) < 4.78 is 28.0. The minimum Gasteiger partial charge on any atom is -0.481 e. The number of unbranched alkanes of at least 4 members (excludes halogenated alkanes) is 7. The fourth-order valence-electron chi connectivity index (χ4n) is 3.42. The number of carbonyl (C=O) groups excluding carboxylic acids is 1. The molecule has 0 aliphatic heterocycles. The van der Waals surface area contributed by atoms with Crippen LogP contribution in [0.15, 0.2) is 41.3 Å². The highest BCUT2D eigenvalue weighted by Crippen LogP contribution is 2.28. The van der Waals surface area contributed by atoms with Gasteiger partial charge in [0.15, 0.2) is 5.78 Å². The zero-order valence-corrected chi connectivity index (χ0v) is 21.7. The molecule has 0 aliphatic rings. The van der Waals surface area contributed by atoms with Gasteiger partial charge in [-0.2, -0.15) is 0 Å². The number of benzene rings is 2. The van der Waals surface area contributed by atoms with Crippen molar-refractivity contribution in [2.24, 2.45) is 0 Å². The molecule has 0 saturated carbocycles. The number of hydrogen-bond donors (Lipinski definition) is 2. The lowest BCUT2D eigenvalue weighted by atomic mass is 10.0. The second-order valence-corrected chi connectivity index (χ2v) is 11.0. The largest absolute Gasteiger partial charge is 0.481 e. The maximum Gasteiger partial charge on any atom is 0.303 e. The van der Waals surface area contributed by atoms with Crippen LogP contribution in [-0.4, -0.2) is 31.8 Å². The summed E-state index contributed by atoms with van der Waals surface area (Å²) in [5, 5.41) is 9.26. The van der Waals surface area contributed by atoms with Crippen molar-refractivity contribution in [2.45, 2.75) is 62.7 Å². The van der Waals surface area contributed by atoms with Gasteiger partial charge in [-0.1, -0.05) is 73.3 Å². The van der Waals surface area contributed by atoms with Gasteiger partial charge < -0.3 is 5.11 Å². The van der Waals surface area contributed by atoms with Crippen molar-refractivity contribution in [2.75, 3.05) is 6.54 Å². The summed E-state index contributed by atoms with van der Waals surface area (Å²) in [6.07, 6.45) is 7.51. The van der Waals surface area contributed by atoms with Crippen molar-refractivity contribution >= 4 is 56.6 Å². The first-order valence-electron chi connectivity index (χ1n) is 11.1. The highest BCUT2D eigenvalue weighted by molar-refractivity contribution is 7.89. The van der Waals surface area contributed by atoms with E-state index >= 15 is 0 Å². The molecule has 2 N–H and O–H groups in total. The summed E-state index contributed by atoms with van der Waals surface area (Å²) in [4.78, 5) is 23.3. The standard InChI is InChI=1S/C24H28Cl3NO5S/c25-17-10-12-19(22(27)15-17)24(31)20-16-18(11-13-21(20)26)34(32,33)28-14-8-6-4-2-1-3-5-7-9-23(29)30/h10-13,15-16,28H,1-9,14H2,(H,29,30). The van der Waals surface area contributed by atoms with E-state index in [1.54, 1.807) is 0 Å². The summed E-state index contributed by atoms with van der Waals surface area (Å²) in [6, 6.07) is 8.42. The first kappa shape index (κ1) is 28.6. The number of rotatable bonds is 15. The molecule has 0 saturated heterocycles. The molecule has 0 aliphatic carbocycles. The van der Waals surface area contributed by atoms with E-state index in [4.69, 9.17) is 39.9 Å². The number of hydrogen-bond acceptors (Lipinski definition) is 4. The molecule has 0 heterocycles. The maximum atomic E-state index is 12.9. The molecule has 0 radical (unpaired) electrons. The normalized spacial score (nSPS) is 11.5. The van der Waals surface area contributed by atoms with E-state index in [-0.39, 0.29) is 39.0 Å². The van der Waals surface area contributed by atoms with Gasteiger partial charge in [0.2, 0.25) is 10.0 Å². The van der Waals surface area contributed by atoms with Gasteiger partial charge in [0, 0.05) is 29.1 Å². The van der Waals surface area contributed by atoms with Crippen LogP contribution >= 0.6 is 34.8 Å². The molecule has 6 nitrogen and oxygen atoms in total. The molecule has 0 bridgehead atoms. The zero-order chi connectivity index (χ0) is 25.1. The van der Waals surface area contributed by atoms with Crippen molar-refractivity contribution in [3.05, 3.63) is 62.6 Å². The van der Waals surface area contributed by atoms with Crippen LogP contribution in [0.4, 0.5) is 0 Å². The number of sulfonamides is 1. The number of carboxylic acid groups (broad SMARTS) is 1. The molecule has 186 valence electrons. The number of halogens is 3. The van der Waals surface area contributed by atoms with Crippen LogP contribution in [0.2, 0.25) is 15.1 Å². The van der Waals surface area contributed by atoms with Gasteiger partial charge in [0.05, 0.1) is 14.9 Å². The summed E-state index contributed by atoms with van der Waals surface area (Å²) in [7, 11) is -3.81. The third-order valence-electron chi connectivity index (χ3n) is 5.28. The van der Waals surface area contributed by atoms with Gasteiger partial charge in [-0.25, -0.2) is 13.1 Å². The number of carboxylic acids is 1. The van der Waals surface area contributed by atoms with Gasteiger partial charge in [0.1, 0.15) is 0 Å². The molecule has 0 spiro atoms. The number of carbonyl (C=O) groups is 2. The number of ketones is 1. The van der Waals surface area contributed by atoms with Crippen LogP contribution < -0.4 is 4.72 Å².